The first kappa shape index (κ1) is 14.7. The van der Waals surface area contributed by atoms with Crippen LogP contribution in [-0.4, -0.2) is 12.8 Å². The molecule has 106 valence electrons. The molecule has 0 aliphatic carbocycles. The zero-order valence-corrected chi connectivity index (χ0v) is 12.4. The van der Waals surface area contributed by atoms with Crippen LogP contribution >= 0.6 is 15.9 Å². The summed E-state index contributed by atoms with van der Waals surface area (Å²) >= 11 is 3.34. The maximum absolute atomic E-state index is 12.2. The van der Waals surface area contributed by atoms with E-state index in [4.69, 9.17) is 4.74 Å². The number of rotatable bonds is 3. The molecule has 1 aromatic carbocycles. The van der Waals surface area contributed by atoms with Gasteiger partial charge >= 0.3 is 6.18 Å². The lowest BCUT2D eigenvalue weighted by molar-refractivity contribution is -0.135. The third-order valence-electron chi connectivity index (χ3n) is 3.36. The van der Waals surface area contributed by atoms with Gasteiger partial charge in [0.1, 0.15) is 5.75 Å². The molecule has 1 atom stereocenters. The summed E-state index contributed by atoms with van der Waals surface area (Å²) in [6, 6.07) is 5.63. The number of benzene rings is 1. The SMILES string of the molecule is CC1(C)COc2ccc(C(Br)CCC(F)(F)F)cc21. The molecule has 0 amide bonds. The predicted molar refractivity (Wildman–Crippen MR) is 71.9 cm³/mol. The number of fused-ring (bicyclic) bond motifs is 1. The first-order valence-electron chi connectivity index (χ1n) is 6.17. The Hall–Kier alpha value is -0.710. The fourth-order valence-electron chi connectivity index (χ4n) is 2.19. The minimum atomic E-state index is -4.11. The Morgan fingerprint density at radius 1 is 1.37 bits per heavy atom. The molecule has 0 fully saturated rings. The molecule has 2 rings (SSSR count). The minimum absolute atomic E-state index is 0.0452. The van der Waals surface area contributed by atoms with E-state index in [2.05, 4.69) is 29.8 Å². The van der Waals surface area contributed by atoms with Gasteiger partial charge in [-0.2, -0.15) is 13.2 Å². The Bertz CT molecular complexity index is 468. The van der Waals surface area contributed by atoms with Crippen molar-refractivity contribution in [3.63, 3.8) is 0 Å². The number of ether oxygens (including phenoxy) is 1. The smallest absolute Gasteiger partial charge is 0.389 e. The largest absolute Gasteiger partial charge is 0.492 e. The predicted octanol–water partition coefficient (Wildman–Crippen LogP) is 5.14. The van der Waals surface area contributed by atoms with Crippen molar-refractivity contribution in [2.75, 3.05) is 6.61 Å². The molecule has 1 aliphatic heterocycles. The van der Waals surface area contributed by atoms with E-state index in [1.54, 1.807) is 0 Å². The van der Waals surface area contributed by atoms with Crippen molar-refractivity contribution in [1.82, 2.24) is 0 Å². The fourth-order valence-corrected chi connectivity index (χ4v) is 2.70. The Kier molecular flexibility index (Phi) is 3.87. The molecular weight excluding hydrogens is 321 g/mol. The van der Waals surface area contributed by atoms with Gasteiger partial charge in [-0.25, -0.2) is 0 Å². The lowest BCUT2D eigenvalue weighted by Crippen LogP contribution is -2.18. The van der Waals surface area contributed by atoms with E-state index in [-0.39, 0.29) is 16.7 Å². The average molecular weight is 337 g/mol. The van der Waals surface area contributed by atoms with Crippen LogP contribution in [-0.2, 0) is 5.41 Å². The van der Waals surface area contributed by atoms with E-state index in [1.165, 1.54) is 0 Å². The summed E-state index contributed by atoms with van der Waals surface area (Å²) in [5, 5.41) is 0. The first-order chi connectivity index (χ1) is 8.69. The Balaban J connectivity index is 2.14. The molecule has 1 aromatic rings. The molecule has 0 N–H and O–H groups in total. The van der Waals surface area contributed by atoms with Crippen LogP contribution in [0.25, 0.3) is 0 Å². The van der Waals surface area contributed by atoms with E-state index in [1.807, 2.05) is 18.2 Å². The molecule has 0 saturated heterocycles. The molecule has 0 bridgehead atoms. The van der Waals surface area contributed by atoms with Crippen LogP contribution in [0.2, 0.25) is 0 Å². The van der Waals surface area contributed by atoms with Crippen molar-refractivity contribution in [2.45, 2.75) is 43.1 Å². The summed E-state index contributed by atoms with van der Waals surface area (Å²) in [7, 11) is 0. The van der Waals surface area contributed by atoms with Gasteiger partial charge in [0, 0.05) is 22.2 Å². The molecule has 1 unspecified atom stereocenters. The van der Waals surface area contributed by atoms with Gasteiger partial charge in [-0.1, -0.05) is 41.9 Å². The van der Waals surface area contributed by atoms with Crippen molar-refractivity contribution in [2.24, 2.45) is 0 Å². The Morgan fingerprint density at radius 3 is 2.68 bits per heavy atom. The average Bonchev–Trinajstić information content (AvgIpc) is 2.61. The van der Waals surface area contributed by atoms with Crippen molar-refractivity contribution in [3.05, 3.63) is 29.3 Å². The second-order valence-corrected chi connectivity index (χ2v) is 6.65. The van der Waals surface area contributed by atoms with Gasteiger partial charge in [-0.05, 0) is 18.1 Å². The van der Waals surface area contributed by atoms with Crippen molar-refractivity contribution in [3.8, 4) is 5.75 Å². The van der Waals surface area contributed by atoms with Gasteiger partial charge in [0.05, 0.1) is 6.61 Å². The summed E-state index contributed by atoms with van der Waals surface area (Å²) in [6.45, 7) is 4.75. The molecule has 0 spiro atoms. The topological polar surface area (TPSA) is 9.23 Å². The normalized spacial score (nSPS) is 18.8. The zero-order valence-electron chi connectivity index (χ0n) is 10.9. The third kappa shape index (κ3) is 3.44. The van der Waals surface area contributed by atoms with Gasteiger partial charge in [0.2, 0.25) is 0 Å². The Labute approximate surface area is 119 Å². The maximum Gasteiger partial charge on any atom is 0.389 e. The van der Waals surface area contributed by atoms with Crippen LogP contribution in [0.15, 0.2) is 18.2 Å². The van der Waals surface area contributed by atoms with Gasteiger partial charge < -0.3 is 4.74 Å². The van der Waals surface area contributed by atoms with E-state index in [0.717, 1.165) is 16.9 Å². The summed E-state index contributed by atoms with van der Waals surface area (Å²) in [6.07, 6.45) is -4.84. The highest BCUT2D eigenvalue weighted by molar-refractivity contribution is 9.09. The van der Waals surface area contributed by atoms with E-state index in [0.29, 0.717) is 6.61 Å². The summed E-state index contributed by atoms with van der Waals surface area (Å²) < 4.78 is 42.3. The van der Waals surface area contributed by atoms with Gasteiger partial charge in [0.25, 0.3) is 0 Å². The van der Waals surface area contributed by atoms with Crippen LogP contribution in [0.4, 0.5) is 13.2 Å². The number of hydrogen-bond donors (Lipinski definition) is 0. The lowest BCUT2D eigenvalue weighted by Gasteiger charge is -2.18. The highest BCUT2D eigenvalue weighted by Gasteiger charge is 2.33. The zero-order chi connectivity index (χ0) is 14.3. The molecular formula is C14H16BrF3O. The molecule has 1 nitrogen and oxygen atoms in total. The summed E-state index contributed by atoms with van der Waals surface area (Å²) in [5.41, 5.74) is 1.87. The maximum atomic E-state index is 12.2. The highest BCUT2D eigenvalue weighted by atomic mass is 79.9. The van der Waals surface area contributed by atoms with E-state index >= 15 is 0 Å². The lowest BCUT2D eigenvalue weighted by atomic mass is 9.85. The molecule has 0 radical (unpaired) electrons. The third-order valence-corrected chi connectivity index (χ3v) is 4.35. The Morgan fingerprint density at radius 2 is 2.05 bits per heavy atom. The molecule has 1 heterocycles. The minimum Gasteiger partial charge on any atom is -0.492 e. The van der Waals surface area contributed by atoms with Crippen molar-refractivity contribution in [1.29, 1.82) is 0 Å². The molecule has 19 heavy (non-hydrogen) atoms. The van der Waals surface area contributed by atoms with Crippen LogP contribution < -0.4 is 4.74 Å². The standard InChI is InChI=1S/C14H16BrF3O/c1-13(2)8-19-12-4-3-9(7-10(12)13)11(15)5-6-14(16,17)18/h3-4,7,11H,5-6,8H2,1-2H3. The molecule has 0 aromatic heterocycles. The van der Waals surface area contributed by atoms with Crippen molar-refractivity contribution < 1.29 is 17.9 Å². The molecule has 0 saturated carbocycles. The highest BCUT2D eigenvalue weighted by Crippen LogP contribution is 2.41. The second-order valence-electron chi connectivity index (χ2n) is 5.55. The summed E-state index contributed by atoms with van der Waals surface area (Å²) in [4.78, 5) is -0.282. The molecule has 1 aliphatic rings. The van der Waals surface area contributed by atoms with Crippen LogP contribution in [0.5, 0.6) is 5.75 Å². The van der Waals surface area contributed by atoms with Gasteiger partial charge in [-0.15, -0.1) is 0 Å². The number of hydrogen-bond acceptors (Lipinski definition) is 1. The van der Waals surface area contributed by atoms with Crippen molar-refractivity contribution >= 4 is 15.9 Å². The molecule has 5 heteroatoms. The number of halogens is 4. The first-order valence-corrected chi connectivity index (χ1v) is 7.09. The van der Waals surface area contributed by atoms with E-state index in [9.17, 15) is 13.2 Å². The second kappa shape index (κ2) is 5.00. The van der Waals surface area contributed by atoms with E-state index < -0.39 is 12.6 Å². The van der Waals surface area contributed by atoms with Crippen LogP contribution in [0, 0.1) is 0 Å². The van der Waals surface area contributed by atoms with Gasteiger partial charge in [0.15, 0.2) is 0 Å². The number of alkyl halides is 4. The van der Waals surface area contributed by atoms with Crippen LogP contribution in [0.3, 0.4) is 0 Å². The van der Waals surface area contributed by atoms with Gasteiger partial charge in [-0.3, -0.25) is 0 Å². The monoisotopic (exact) mass is 336 g/mol. The summed E-state index contributed by atoms with van der Waals surface area (Å²) in [5.74, 6) is 0.837. The quantitative estimate of drug-likeness (QED) is 0.695. The van der Waals surface area contributed by atoms with Crippen LogP contribution in [0.1, 0.15) is 42.6 Å². The fraction of sp³-hybridized carbons (Fsp3) is 0.571.